The average Bonchev–Trinajstić information content (AvgIpc) is 3.11. The van der Waals surface area contributed by atoms with E-state index in [0.29, 0.717) is 34.8 Å². The summed E-state index contributed by atoms with van der Waals surface area (Å²) in [6.07, 6.45) is 0. The summed E-state index contributed by atoms with van der Waals surface area (Å²) >= 11 is 1.35. The molecule has 170 valence electrons. The highest BCUT2D eigenvalue weighted by atomic mass is 32.1. The number of benzene rings is 2. The number of rotatable bonds is 7. The fraction of sp³-hybridized carbons (Fsp3) is 0.240. The van der Waals surface area contributed by atoms with E-state index in [1.807, 2.05) is 51.1 Å². The lowest BCUT2D eigenvalue weighted by atomic mass is 10.2. The Bertz CT molecular complexity index is 1420. The van der Waals surface area contributed by atoms with E-state index in [2.05, 4.69) is 5.32 Å². The molecule has 0 aliphatic carbocycles. The minimum absolute atomic E-state index is 0.182. The molecule has 7 nitrogen and oxygen atoms in total. The fourth-order valence-electron chi connectivity index (χ4n) is 3.68. The van der Waals surface area contributed by atoms with Crippen LogP contribution in [0.3, 0.4) is 0 Å². The highest BCUT2D eigenvalue weighted by Crippen LogP contribution is 2.27. The van der Waals surface area contributed by atoms with Crippen molar-refractivity contribution in [1.29, 1.82) is 0 Å². The number of fused-ring (bicyclic) bond motifs is 1. The first-order chi connectivity index (χ1) is 15.9. The molecule has 2 heterocycles. The van der Waals surface area contributed by atoms with E-state index >= 15 is 0 Å². The third-order valence-electron chi connectivity index (χ3n) is 5.49. The topological polar surface area (TPSA) is 82.3 Å². The molecule has 2 aromatic carbocycles. The number of carbonyl (C=O) groups excluding carboxylic acids is 1. The van der Waals surface area contributed by atoms with Crippen molar-refractivity contribution in [2.45, 2.75) is 33.9 Å². The Balaban J connectivity index is 1.77. The second kappa shape index (κ2) is 9.46. The monoisotopic (exact) mass is 463 g/mol. The van der Waals surface area contributed by atoms with Gasteiger partial charge < -0.3 is 10.1 Å². The Hall–Kier alpha value is -3.65. The third kappa shape index (κ3) is 4.47. The lowest BCUT2D eigenvalue weighted by Crippen LogP contribution is -2.41. The lowest BCUT2D eigenvalue weighted by molar-refractivity contribution is -0.121. The van der Waals surface area contributed by atoms with Crippen LogP contribution in [0.4, 0.5) is 0 Å². The van der Waals surface area contributed by atoms with Crippen molar-refractivity contribution in [2.75, 3.05) is 6.61 Å². The van der Waals surface area contributed by atoms with Crippen molar-refractivity contribution in [3.05, 3.63) is 91.4 Å². The summed E-state index contributed by atoms with van der Waals surface area (Å²) < 4.78 is 7.98. The Morgan fingerprint density at radius 3 is 2.39 bits per heavy atom. The number of carbonyl (C=O) groups is 1. The van der Waals surface area contributed by atoms with E-state index in [1.54, 1.807) is 24.3 Å². The van der Waals surface area contributed by atoms with Gasteiger partial charge in [-0.15, -0.1) is 11.3 Å². The van der Waals surface area contributed by atoms with Gasteiger partial charge in [-0.25, -0.2) is 9.36 Å². The maximum absolute atomic E-state index is 13.5. The highest BCUT2D eigenvalue weighted by molar-refractivity contribution is 7.18. The zero-order valence-electron chi connectivity index (χ0n) is 18.8. The molecular weight excluding hydrogens is 438 g/mol. The van der Waals surface area contributed by atoms with Crippen LogP contribution in [-0.2, 0) is 17.9 Å². The average molecular weight is 464 g/mol. The number of nitrogens with zero attached hydrogens (tertiary/aromatic N) is 2. The van der Waals surface area contributed by atoms with Crippen molar-refractivity contribution in [1.82, 2.24) is 14.5 Å². The van der Waals surface area contributed by atoms with Gasteiger partial charge in [0, 0.05) is 11.4 Å². The van der Waals surface area contributed by atoms with Crippen LogP contribution in [0.1, 0.15) is 22.9 Å². The van der Waals surface area contributed by atoms with E-state index < -0.39 is 5.69 Å². The SMILES string of the molecule is CCOc1ccc(-n2c(=O)c3c(C)c(C)sc3n(CC(=O)NCc3ccccc3)c2=O)cc1. The van der Waals surface area contributed by atoms with Crippen LogP contribution >= 0.6 is 11.3 Å². The van der Waals surface area contributed by atoms with E-state index in [9.17, 15) is 14.4 Å². The van der Waals surface area contributed by atoms with Crippen molar-refractivity contribution >= 4 is 27.5 Å². The van der Waals surface area contributed by atoms with Gasteiger partial charge in [0.1, 0.15) is 17.1 Å². The Morgan fingerprint density at radius 2 is 1.73 bits per heavy atom. The number of thiophene rings is 1. The molecule has 0 saturated heterocycles. The molecule has 0 bridgehead atoms. The van der Waals surface area contributed by atoms with Gasteiger partial charge in [0.25, 0.3) is 5.56 Å². The van der Waals surface area contributed by atoms with Gasteiger partial charge >= 0.3 is 5.69 Å². The minimum Gasteiger partial charge on any atom is -0.494 e. The minimum atomic E-state index is -0.548. The quantitative estimate of drug-likeness (QED) is 0.455. The van der Waals surface area contributed by atoms with Crippen LogP contribution in [0.15, 0.2) is 64.2 Å². The predicted molar refractivity (Wildman–Crippen MR) is 131 cm³/mol. The van der Waals surface area contributed by atoms with Crippen LogP contribution in [0.25, 0.3) is 15.9 Å². The molecule has 1 amide bonds. The molecule has 0 aliphatic heterocycles. The first-order valence-electron chi connectivity index (χ1n) is 10.7. The molecule has 0 unspecified atom stereocenters. The number of ether oxygens (including phenoxy) is 1. The summed E-state index contributed by atoms with van der Waals surface area (Å²) in [5.74, 6) is 0.349. The molecular formula is C25H25N3O4S. The molecule has 0 saturated carbocycles. The van der Waals surface area contributed by atoms with E-state index in [4.69, 9.17) is 4.74 Å². The molecule has 0 radical (unpaired) electrons. The second-order valence-electron chi connectivity index (χ2n) is 7.66. The lowest BCUT2D eigenvalue weighted by Gasteiger charge is -2.13. The molecule has 0 spiro atoms. The van der Waals surface area contributed by atoms with Gasteiger partial charge in [0.05, 0.1) is 17.7 Å². The first-order valence-corrected chi connectivity index (χ1v) is 11.5. The highest BCUT2D eigenvalue weighted by Gasteiger charge is 2.21. The van der Waals surface area contributed by atoms with Gasteiger partial charge in [0.2, 0.25) is 5.91 Å². The molecule has 33 heavy (non-hydrogen) atoms. The van der Waals surface area contributed by atoms with Gasteiger partial charge in [0.15, 0.2) is 0 Å². The number of aromatic nitrogens is 2. The molecule has 0 fully saturated rings. The Morgan fingerprint density at radius 1 is 1.03 bits per heavy atom. The normalized spacial score (nSPS) is 11.0. The largest absolute Gasteiger partial charge is 0.494 e. The van der Waals surface area contributed by atoms with Crippen LogP contribution in [0.2, 0.25) is 0 Å². The number of aryl methyl sites for hydroxylation is 2. The number of hydrogen-bond acceptors (Lipinski definition) is 5. The molecule has 4 rings (SSSR count). The summed E-state index contributed by atoms with van der Waals surface area (Å²) in [5, 5.41) is 3.32. The summed E-state index contributed by atoms with van der Waals surface area (Å²) in [6, 6.07) is 16.3. The summed E-state index contributed by atoms with van der Waals surface area (Å²) in [5.41, 5.74) is 1.27. The zero-order chi connectivity index (χ0) is 23.5. The number of amides is 1. The van der Waals surface area contributed by atoms with Crippen LogP contribution < -0.4 is 21.3 Å². The van der Waals surface area contributed by atoms with E-state index in [1.165, 1.54) is 15.9 Å². The Kier molecular flexibility index (Phi) is 6.46. The van der Waals surface area contributed by atoms with E-state index in [-0.39, 0.29) is 18.0 Å². The fourth-order valence-corrected chi connectivity index (χ4v) is 4.82. The van der Waals surface area contributed by atoms with Gasteiger partial charge in [-0.05, 0) is 56.2 Å². The maximum atomic E-state index is 13.5. The van der Waals surface area contributed by atoms with Crippen molar-refractivity contribution in [3.63, 3.8) is 0 Å². The van der Waals surface area contributed by atoms with E-state index in [0.717, 1.165) is 20.6 Å². The predicted octanol–water partition coefficient (Wildman–Crippen LogP) is 3.55. The van der Waals surface area contributed by atoms with Crippen molar-refractivity contribution in [3.8, 4) is 11.4 Å². The zero-order valence-corrected chi connectivity index (χ0v) is 19.6. The second-order valence-corrected chi connectivity index (χ2v) is 8.87. The molecule has 8 heteroatoms. The van der Waals surface area contributed by atoms with Gasteiger partial charge in [-0.1, -0.05) is 30.3 Å². The van der Waals surface area contributed by atoms with Crippen LogP contribution in [-0.4, -0.2) is 21.6 Å². The number of hydrogen-bond donors (Lipinski definition) is 1. The molecule has 0 aliphatic rings. The van der Waals surface area contributed by atoms with Crippen LogP contribution in [0.5, 0.6) is 5.75 Å². The van der Waals surface area contributed by atoms with Crippen molar-refractivity contribution < 1.29 is 9.53 Å². The molecule has 1 N–H and O–H groups in total. The summed E-state index contributed by atoms with van der Waals surface area (Å²) in [6.45, 7) is 6.35. The number of nitrogens with one attached hydrogen (secondary N) is 1. The van der Waals surface area contributed by atoms with Crippen molar-refractivity contribution in [2.24, 2.45) is 0 Å². The molecule has 2 aromatic heterocycles. The standard InChI is InChI=1S/C25H25N3O4S/c1-4-32-20-12-10-19(11-13-20)28-23(30)22-16(2)17(3)33-24(22)27(25(28)31)15-21(29)26-14-18-8-6-5-7-9-18/h5-13H,4,14-15H2,1-3H3,(H,26,29). The summed E-state index contributed by atoms with van der Waals surface area (Å²) in [4.78, 5) is 41.0. The molecule has 4 aromatic rings. The third-order valence-corrected chi connectivity index (χ3v) is 6.72. The maximum Gasteiger partial charge on any atom is 0.337 e. The smallest absolute Gasteiger partial charge is 0.337 e. The molecule has 0 atom stereocenters. The summed E-state index contributed by atoms with van der Waals surface area (Å²) in [7, 11) is 0. The van der Waals surface area contributed by atoms with Gasteiger partial charge in [-0.2, -0.15) is 0 Å². The van der Waals surface area contributed by atoms with Gasteiger partial charge in [-0.3, -0.25) is 14.2 Å². The Labute approximate surface area is 194 Å². The first kappa shape index (κ1) is 22.5. The van der Waals surface area contributed by atoms with Crippen LogP contribution in [0, 0.1) is 13.8 Å².